The molecule has 0 saturated carbocycles. The molecule has 0 aliphatic carbocycles. The first kappa shape index (κ1) is 19.0. The van der Waals surface area contributed by atoms with Gasteiger partial charge in [-0.1, -0.05) is 0 Å². The molecule has 26 heavy (non-hydrogen) atoms. The third-order valence-corrected chi connectivity index (χ3v) is 5.25. The van der Waals surface area contributed by atoms with E-state index in [2.05, 4.69) is 15.7 Å². The average molecular weight is 386 g/mol. The molecule has 1 amide bonds. The Kier molecular flexibility index (Phi) is 5.76. The first-order chi connectivity index (χ1) is 12.3. The van der Waals surface area contributed by atoms with Crippen molar-refractivity contribution in [2.24, 2.45) is 5.92 Å². The summed E-state index contributed by atoms with van der Waals surface area (Å²) in [5.41, 5.74) is -2.20. The lowest BCUT2D eigenvalue weighted by atomic mass is 10.0. The van der Waals surface area contributed by atoms with Gasteiger partial charge in [0.2, 0.25) is 0 Å². The summed E-state index contributed by atoms with van der Waals surface area (Å²) in [6, 6.07) is 3.46. The number of aromatic nitrogens is 2. The molecule has 1 aliphatic rings. The molecule has 2 aromatic rings. The lowest BCUT2D eigenvalue weighted by Gasteiger charge is -2.09. The lowest BCUT2D eigenvalue weighted by Crippen LogP contribution is -2.27. The first-order valence-corrected chi connectivity index (χ1v) is 9.48. The van der Waals surface area contributed by atoms with E-state index in [0.29, 0.717) is 11.5 Å². The van der Waals surface area contributed by atoms with Crippen molar-refractivity contribution in [3.8, 4) is 0 Å². The summed E-state index contributed by atoms with van der Waals surface area (Å²) in [5.74, 6) is -0.0115. The SMILES string of the molecule is Cc1c(C(=O)NCCSC(F)(F)F)ccc2nn(CC3CCNC3)cc12. The van der Waals surface area contributed by atoms with Crippen LogP contribution in [0.25, 0.3) is 10.9 Å². The van der Waals surface area contributed by atoms with Gasteiger partial charge in [0.05, 0.1) is 5.52 Å². The summed E-state index contributed by atoms with van der Waals surface area (Å²) in [5, 5.41) is 11.3. The Hall–Kier alpha value is -1.74. The third-order valence-electron chi connectivity index (χ3n) is 4.51. The lowest BCUT2D eigenvalue weighted by molar-refractivity contribution is -0.0327. The van der Waals surface area contributed by atoms with Crippen LogP contribution < -0.4 is 10.6 Å². The van der Waals surface area contributed by atoms with Crippen molar-refractivity contribution in [2.75, 3.05) is 25.4 Å². The molecule has 2 N–H and O–H groups in total. The van der Waals surface area contributed by atoms with Crippen LogP contribution >= 0.6 is 11.8 Å². The van der Waals surface area contributed by atoms with Crippen LogP contribution in [0.5, 0.6) is 0 Å². The molecule has 0 bridgehead atoms. The predicted molar refractivity (Wildman–Crippen MR) is 96.3 cm³/mol. The summed E-state index contributed by atoms with van der Waals surface area (Å²) < 4.78 is 38.3. The number of carbonyl (C=O) groups is 1. The zero-order valence-corrected chi connectivity index (χ0v) is 15.2. The minimum atomic E-state index is -4.27. The third kappa shape index (κ3) is 4.70. The van der Waals surface area contributed by atoms with Crippen LogP contribution in [-0.4, -0.2) is 46.6 Å². The number of amides is 1. The van der Waals surface area contributed by atoms with E-state index in [1.807, 2.05) is 17.8 Å². The predicted octanol–water partition coefficient (Wildman–Crippen LogP) is 2.94. The average Bonchev–Trinajstić information content (AvgIpc) is 3.21. The fraction of sp³-hybridized carbons (Fsp3) is 0.529. The van der Waals surface area contributed by atoms with Gasteiger partial charge in [0.15, 0.2) is 0 Å². The summed E-state index contributed by atoms with van der Waals surface area (Å²) in [6.45, 7) is 4.65. The van der Waals surface area contributed by atoms with Crippen molar-refractivity contribution in [3.63, 3.8) is 0 Å². The van der Waals surface area contributed by atoms with Crippen molar-refractivity contribution < 1.29 is 18.0 Å². The maximum atomic E-state index is 12.3. The second kappa shape index (κ2) is 7.87. The number of rotatable bonds is 6. The van der Waals surface area contributed by atoms with Crippen LogP contribution in [0, 0.1) is 12.8 Å². The fourth-order valence-corrected chi connectivity index (χ4v) is 3.62. The maximum Gasteiger partial charge on any atom is 0.441 e. The first-order valence-electron chi connectivity index (χ1n) is 8.50. The van der Waals surface area contributed by atoms with Gasteiger partial charge in [-0.2, -0.15) is 18.3 Å². The molecule has 1 unspecified atom stereocenters. The molecule has 9 heteroatoms. The second-order valence-electron chi connectivity index (χ2n) is 6.43. The molecule has 142 valence electrons. The summed E-state index contributed by atoms with van der Waals surface area (Å²) in [6.07, 6.45) is 3.07. The fourth-order valence-electron chi connectivity index (χ4n) is 3.18. The highest BCUT2D eigenvalue weighted by Crippen LogP contribution is 2.29. The molecule has 1 aromatic carbocycles. The molecule has 1 saturated heterocycles. The Balaban J connectivity index is 1.66. The van der Waals surface area contributed by atoms with Gasteiger partial charge in [0, 0.05) is 36.0 Å². The maximum absolute atomic E-state index is 12.3. The normalized spacial score (nSPS) is 17.8. The van der Waals surface area contributed by atoms with Gasteiger partial charge in [0.25, 0.3) is 5.91 Å². The Labute approximate surface area is 153 Å². The van der Waals surface area contributed by atoms with Gasteiger partial charge >= 0.3 is 5.51 Å². The topological polar surface area (TPSA) is 59.0 Å². The van der Waals surface area contributed by atoms with E-state index in [1.54, 1.807) is 12.1 Å². The van der Waals surface area contributed by atoms with Crippen molar-refractivity contribution in [2.45, 2.75) is 25.4 Å². The zero-order valence-electron chi connectivity index (χ0n) is 14.4. The highest BCUT2D eigenvalue weighted by molar-refractivity contribution is 8.00. The van der Waals surface area contributed by atoms with Crippen molar-refractivity contribution >= 4 is 28.6 Å². The van der Waals surface area contributed by atoms with Crippen LogP contribution in [0.2, 0.25) is 0 Å². The summed E-state index contributed by atoms with van der Waals surface area (Å²) in [7, 11) is 0. The van der Waals surface area contributed by atoms with Crippen LogP contribution in [0.3, 0.4) is 0 Å². The molecule has 5 nitrogen and oxygen atoms in total. The second-order valence-corrected chi connectivity index (χ2v) is 7.59. The zero-order chi connectivity index (χ0) is 18.7. The number of hydrogen-bond acceptors (Lipinski definition) is 4. The number of benzene rings is 1. The monoisotopic (exact) mass is 386 g/mol. The number of nitrogens with zero attached hydrogens (tertiary/aromatic N) is 2. The van der Waals surface area contributed by atoms with Crippen molar-refractivity contribution in [1.82, 2.24) is 20.4 Å². The number of nitrogens with one attached hydrogen (secondary N) is 2. The van der Waals surface area contributed by atoms with Gasteiger partial charge in [-0.15, -0.1) is 0 Å². The molecule has 1 atom stereocenters. The number of halogens is 3. The summed E-state index contributed by atoms with van der Waals surface area (Å²) >= 11 is -0.137. The van der Waals surface area contributed by atoms with Crippen molar-refractivity contribution in [3.05, 3.63) is 29.5 Å². The number of thioether (sulfide) groups is 1. The van der Waals surface area contributed by atoms with E-state index in [-0.39, 0.29) is 30.0 Å². The van der Waals surface area contributed by atoms with Crippen LogP contribution in [0.15, 0.2) is 18.3 Å². The van der Waals surface area contributed by atoms with Gasteiger partial charge in [-0.05, 0) is 61.8 Å². The molecule has 1 aromatic heterocycles. The van der Waals surface area contributed by atoms with E-state index in [0.717, 1.165) is 42.5 Å². The molecular formula is C17H21F3N4OS. The van der Waals surface area contributed by atoms with E-state index < -0.39 is 5.51 Å². The Morgan fingerprint density at radius 1 is 1.46 bits per heavy atom. The molecular weight excluding hydrogens is 365 g/mol. The van der Waals surface area contributed by atoms with Gasteiger partial charge < -0.3 is 10.6 Å². The van der Waals surface area contributed by atoms with Crippen molar-refractivity contribution in [1.29, 1.82) is 0 Å². The number of carbonyl (C=O) groups excluding carboxylic acids is 1. The van der Waals surface area contributed by atoms with E-state index in [9.17, 15) is 18.0 Å². The largest absolute Gasteiger partial charge is 0.441 e. The van der Waals surface area contributed by atoms with E-state index in [1.165, 1.54) is 0 Å². The Morgan fingerprint density at radius 3 is 2.96 bits per heavy atom. The van der Waals surface area contributed by atoms with E-state index in [4.69, 9.17) is 0 Å². The number of alkyl halides is 3. The molecule has 1 aliphatic heterocycles. The highest BCUT2D eigenvalue weighted by atomic mass is 32.2. The van der Waals surface area contributed by atoms with Crippen LogP contribution in [-0.2, 0) is 6.54 Å². The number of fused-ring (bicyclic) bond motifs is 1. The van der Waals surface area contributed by atoms with E-state index >= 15 is 0 Å². The standard InChI is InChI=1S/C17H21F3N4OS/c1-11-13(16(25)22-6-7-26-17(18,19)20)2-3-15-14(11)10-24(23-15)9-12-4-5-21-8-12/h2-3,10,12,21H,4-9H2,1H3,(H,22,25). The quantitative estimate of drug-likeness (QED) is 0.750. The molecule has 1 fully saturated rings. The minimum Gasteiger partial charge on any atom is -0.351 e. The van der Waals surface area contributed by atoms with Gasteiger partial charge in [-0.3, -0.25) is 9.48 Å². The minimum absolute atomic E-state index is 0.0333. The smallest absolute Gasteiger partial charge is 0.351 e. The van der Waals surface area contributed by atoms with Gasteiger partial charge in [0.1, 0.15) is 0 Å². The van der Waals surface area contributed by atoms with Crippen LogP contribution in [0.4, 0.5) is 13.2 Å². The molecule has 2 heterocycles. The molecule has 0 spiro atoms. The Bertz CT molecular complexity index is 784. The Morgan fingerprint density at radius 2 is 2.27 bits per heavy atom. The highest BCUT2D eigenvalue weighted by Gasteiger charge is 2.27. The molecule has 3 rings (SSSR count). The molecule has 0 radical (unpaired) electrons. The van der Waals surface area contributed by atoms with Gasteiger partial charge in [-0.25, -0.2) is 0 Å². The van der Waals surface area contributed by atoms with Crippen LogP contribution in [0.1, 0.15) is 22.3 Å². The number of hydrogen-bond donors (Lipinski definition) is 2. The number of aryl methyl sites for hydroxylation is 1. The summed E-state index contributed by atoms with van der Waals surface area (Å²) in [4.78, 5) is 12.3.